The second-order valence-electron chi connectivity index (χ2n) is 5.90. The van der Waals surface area contributed by atoms with Crippen molar-refractivity contribution in [2.45, 2.75) is 12.5 Å². The number of amides is 2. The number of nitrogens with two attached hydrogens (primary N) is 1. The van der Waals surface area contributed by atoms with Crippen molar-refractivity contribution < 1.29 is 23.8 Å². The van der Waals surface area contributed by atoms with E-state index in [0.29, 0.717) is 28.3 Å². The second-order valence-corrected chi connectivity index (χ2v) is 6.82. The number of methoxy groups -OCH3 is 2. The third kappa shape index (κ3) is 3.94. The Morgan fingerprint density at radius 2 is 1.93 bits per heavy atom. The number of urea groups is 1. The number of nitrogens with zero attached hydrogens (tertiary/aromatic N) is 1. The Morgan fingerprint density at radius 3 is 2.54 bits per heavy atom. The molecule has 2 aromatic carbocycles. The van der Waals surface area contributed by atoms with E-state index in [9.17, 15) is 9.59 Å². The number of ether oxygens (including phenoxy) is 3. The third-order valence-electron chi connectivity index (χ3n) is 4.24. The van der Waals surface area contributed by atoms with E-state index in [0.717, 1.165) is 10.0 Å². The Balaban J connectivity index is 1.97. The van der Waals surface area contributed by atoms with Crippen LogP contribution in [0, 0.1) is 0 Å². The molecule has 28 heavy (non-hydrogen) atoms. The van der Waals surface area contributed by atoms with Crippen molar-refractivity contribution in [2.24, 2.45) is 10.8 Å². The molecule has 9 heteroatoms. The van der Waals surface area contributed by atoms with E-state index in [1.54, 1.807) is 12.1 Å². The third-order valence-corrected chi connectivity index (χ3v) is 4.76. The number of esters is 1. The minimum Gasteiger partial charge on any atom is -0.493 e. The van der Waals surface area contributed by atoms with E-state index < -0.39 is 18.1 Å². The Bertz CT molecular complexity index is 943. The highest BCUT2D eigenvalue weighted by molar-refractivity contribution is 9.10. The maximum Gasteiger partial charge on any atom is 0.343 e. The monoisotopic (exact) mass is 447 g/mol. The molecule has 0 saturated carbocycles. The van der Waals surface area contributed by atoms with E-state index in [2.05, 4.69) is 26.5 Å². The van der Waals surface area contributed by atoms with Crippen molar-refractivity contribution in [2.75, 3.05) is 14.2 Å². The van der Waals surface area contributed by atoms with E-state index in [-0.39, 0.29) is 6.42 Å². The average molecular weight is 448 g/mol. The van der Waals surface area contributed by atoms with Gasteiger partial charge in [0, 0.05) is 16.5 Å². The van der Waals surface area contributed by atoms with Crippen LogP contribution in [0.15, 0.2) is 46.0 Å². The van der Waals surface area contributed by atoms with Crippen LogP contribution >= 0.6 is 15.9 Å². The number of fused-ring (bicyclic) bond motifs is 1. The number of halogens is 1. The molecule has 1 heterocycles. The van der Waals surface area contributed by atoms with Gasteiger partial charge in [0.15, 0.2) is 11.5 Å². The molecular weight excluding hydrogens is 430 g/mol. The molecule has 146 valence electrons. The van der Waals surface area contributed by atoms with Crippen molar-refractivity contribution in [3.05, 3.63) is 57.6 Å². The van der Waals surface area contributed by atoms with E-state index >= 15 is 0 Å². The van der Waals surface area contributed by atoms with Gasteiger partial charge in [-0.25, -0.2) is 15.0 Å². The SMILES string of the molecule is COc1ccc2c(c1OC)C(=O)O[C@H]2C/C(=N\NC(N)=O)c1ccc(Br)cc1. The maximum atomic E-state index is 12.5. The summed E-state index contributed by atoms with van der Waals surface area (Å²) in [5.41, 5.74) is 9.62. The zero-order valence-corrected chi connectivity index (χ0v) is 16.8. The Labute approximate surface area is 169 Å². The molecule has 1 aliphatic heterocycles. The normalized spacial score (nSPS) is 15.6. The van der Waals surface area contributed by atoms with Crippen LogP contribution in [0.3, 0.4) is 0 Å². The van der Waals surface area contributed by atoms with Crippen molar-refractivity contribution in [1.29, 1.82) is 0 Å². The molecule has 1 aliphatic rings. The summed E-state index contributed by atoms with van der Waals surface area (Å²) < 4.78 is 17.0. The lowest BCUT2D eigenvalue weighted by atomic mass is 9.97. The van der Waals surface area contributed by atoms with Gasteiger partial charge in [0.25, 0.3) is 0 Å². The Morgan fingerprint density at radius 1 is 1.21 bits per heavy atom. The Hall–Kier alpha value is -3.07. The summed E-state index contributed by atoms with van der Waals surface area (Å²) in [6, 6.07) is 10.0. The number of nitrogens with one attached hydrogen (secondary N) is 1. The molecule has 3 rings (SSSR count). The summed E-state index contributed by atoms with van der Waals surface area (Å²) >= 11 is 3.38. The average Bonchev–Trinajstić information content (AvgIpc) is 3.00. The van der Waals surface area contributed by atoms with Crippen molar-refractivity contribution >= 4 is 33.6 Å². The van der Waals surface area contributed by atoms with Crippen molar-refractivity contribution in [3.8, 4) is 11.5 Å². The molecule has 2 aromatic rings. The molecule has 0 fully saturated rings. The van der Waals surface area contributed by atoms with Crippen molar-refractivity contribution in [1.82, 2.24) is 5.43 Å². The van der Waals surface area contributed by atoms with Crippen LogP contribution < -0.4 is 20.6 Å². The quantitative estimate of drug-likeness (QED) is 0.401. The van der Waals surface area contributed by atoms with Crippen LogP contribution in [0.4, 0.5) is 4.79 Å². The maximum absolute atomic E-state index is 12.5. The summed E-state index contributed by atoms with van der Waals surface area (Å²) in [6.45, 7) is 0. The number of primary amides is 1. The number of hydrazone groups is 1. The second kappa shape index (κ2) is 8.30. The Kier molecular flexibility index (Phi) is 5.84. The molecule has 0 unspecified atom stereocenters. The predicted octanol–water partition coefficient (Wildman–Crippen LogP) is 3.14. The number of benzene rings is 2. The minimum absolute atomic E-state index is 0.232. The van der Waals surface area contributed by atoms with Gasteiger partial charge in [-0.2, -0.15) is 5.10 Å². The van der Waals surface area contributed by atoms with Gasteiger partial charge in [-0.05, 0) is 23.8 Å². The molecule has 0 aliphatic carbocycles. The summed E-state index contributed by atoms with van der Waals surface area (Å²) in [7, 11) is 2.96. The molecule has 0 aromatic heterocycles. The lowest BCUT2D eigenvalue weighted by Crippen LogP contribution is -2.26. The molecule has 0 bridgehead atoms. The summed E-state index contributed by atoms with van der Waals surface area (Å²) in [6.07, 6.45) is -0.366. The molecule has 0 radical (unpaired) electrons. The topological polar surface area (TPSA) is 112 Å². The van der Waals surface area contributed by atoms with Gasteiger partial charge in [0.05, 0.1) is 19.9 Å². The minimum atomic E-state index is -0.787. The van der Waals surface area contributed by atoms with Crippen LogP contribution in [0.5, 0.6) is 11.5 Å². The number of carbonyl (C=O) groups is 2. The van der Waals surface area contributed by atoms with Crippen LogP contribution in [0.25, 0.3) is 0 Å². The first kappa shape index (κ1) is 19.7. The fraction of sp³-hybridized carbons (Fsp3) is 0.211. The smallest absolute Gasteiger partial charge is 0.343 e. The van der Waals surface area contributed by atoms with Gasteiger partial charge in [0.2, 0.25) is 0 Å². The lowest BCUT2D eigenvalue weighted by Gasteiger charge is -2.14. The highest BCUT2D eigenvalue weighted by atomic mass is 79.9. The lowest BCUT2D eigenvalue weighted by molar-refractivity contribution is 0.0398. The first-order valence-corrected chi connectivity index (χ1v) is 9.07. The summed E-state index contributed by atoms with van der Waals surface area (Å²) in [5, 5.41) is 4.09. The first-order chi connectivity index (χ1) is 13.4. The van der Waals surface area contributed by atoms with Gasteiger partial charge in [-0.3, -0.25) is 0 Å². The predicted molar refractivity (Wildman–Crippen MR) is 106 cm³/mol. The summed E-state index contributed by atoms with van der Waals surface area (Å²) in [5.74, 6) is 0.259. The fourth-order valence-corrected chi connectivity index (χ4v) is 3.26. The van der Waals surface area contributed by atoms with Crippen LogP contribution in [0.1, 0.15) is 34.0 Å². The van der Waals surface area contributed by atoms with Gasteiger partial charge < -0.3 is 19.9 Å². The zero-order valence-electron chi connectivity index (χ0n) is 15.2. The largest absolute Gasteiger partial charge is 0.493 e. The highest BCUT2D eigenvalue weighted by Crippen LogP contribution is 2.43. The van der Waals surface area contributed by atoms with Gasteiger partial charge in [0.1, 0.15) is 11.7 Å². The molecule has 2 amide bonds. The van der Waals surface area contributed by atoms with Crippen molar-refractivity contribution in [3.63, 3.8) is 0 Å². The zero-order chi connectivity index (χ0) is 20.3. The molecule has 3 N–H and O–H groups in total. The van der Waals surface area contributed by atoms with Gasteiger partial charge >= 0.3 is 12.0 Å². The molecule has 1 atom stereocenters. The van der Waals surface area contributed by atoms with Crippen LogP contribution in [-0.2, 0) is 4.74 Å². The van der Waals surface area contributed by atoms with Gasteiger partial charge in [-0.15, -0.1) is 0 Å². The number of hydrogen-bond acceptors (Lipinski definition) is 6. The number of cyclic esters (lactones) is 1. The number of rotatable bonds is 6. The first-order valence-electron chi connectivity index (χ1n) is 8.28. The van der Waals surface area contributed by atoms with E-state index in [1.165, 1.54) is 14.2 Å². The van der Waals surface area contributed by atoms with E-state index in [1.807, 2.05) is 24.3 Å². The van der Waals surface area contributed by atoms with Crippen LogP contribution in [0.2, 0.25) is 0 Å². The van der Waals surface area contributed by atoms with Crippen LogP contribution in [-0.4, -0.2) is 31.9 Å². The highest BCUT2D eigenvalue weighted by Gasteiger charge is 2.36. The number of hydrogen-bond donors (Lipinski definition) is 2. The molecular formula is C19H18BrN3O5. The van der Waals surface area contributed by atoms with E-state index in [4.69, 9.17) is 19.9 Å². The molecule has 0 saturated heterocycles. The summed E-state index contributed by atoms with van der Waals surface area (Å²) in [4.78, 5) is 23.6. The van der Waals surface area contributed by atoms with Gasteiger partial charge in [-0.1, -0.05) is 34.1 Å². The number of carbonyl (C=O) groups excluding carboxylic acids is 2. The molecule has 0 spiro atoms. The standard InChI is InChI=1S/C19H18BrN3O5/c1-26-14-8-7-12-15(28-18(24)16(12)17(14)27-2)9-13(22-23-19(21)25)10-3-5-11(20)6-4-10/h3-8,15H,9H2,1-2H3,(H3,21,23,25)/b22-13+/t15-/m0/s1. The fourth-order valence-electron chi connectivity index (χ4n) is 2.99. The molecule has 8 nitrogen and oxygen atoms in total.